The first-order valence-corrected chi connectivity index (χ1v) is 17.3. The van der Waals surface area contributed by atoms with E-state index in [9.17, 15) is 28.4 Å². The molecule has 10 heteroatoms. The van der Waals surface area contributed by atoms with E-state index in [0.29, 0.717) is 24.2 Å². The number of carbonyl (C=O) groups is 1. The van der Waals surface area contributed by atoms with Crippen LogP contribution < -0.4 is 10.9 Å². The van der Waals surface area contributed by atoms with Gasteiger partial charge in [-0.1, -0.05) is 61.9 Å². The first-order chi connectivity index (χ1) is 22.2. The largest absolute Gasteiger partial charge is 0.492 e. The Morgan fingerprint density at radius 3 is 2.48 bits per heavy atom. The predicted octanol–water partition coefficient (Wildman–Crippen LogP) is 5.48. The zero-order valence-electron chi connectivity index (χ0n) is 25.6. The first-order valence-electron chi connectivity index (χ1n) is 15.8. The van der Waals surface area contributed by atoms with Crippen molar-refractivity contribution in [1.29, 1.82) is 5.26 Å². The van der Waals surface area contributed by atoms with Gasteiger partial charge in [0.25, 0.3) is 5.56 Å². The van der Waals surface area contributed by atoms with Gasteiger partial charge in [0, 0.05) is 12.5 Å². The Bertz CT molecular complexity index is 1990. The van der Waals surface area contributed by atoms with E-state index in [1.54, 1.807) is 30.3 Å². The van der Waals surface area contributed by atoms with Crippen molar-refractivity contribution in [2.24, 2.45) is 5.92 Å². The van der Waals surface area contributed by atoms with Gasteiger partial charge < -0.3 is 10.4 Å². The SMILES string of the molecule is CCCCc1nc(O)c(S(=O)(=O)c2ccc(-c3ccccc3CC(=O)NC3CC3)cc2)c(=O)n1[C@H](c1cccc(C#N)c1)C1CC1. The Labute approximate surface area is 268 Å². The van der Waals surface area contributed by atoms with Crippen LogP contribution in [0.2, 0.25) is 0 Å². The molecule has 0 radical (unpaired) electrons. The molecule has 3 aromatic carbocycles. The van der Waals surface area contributed by atoms with Crippen molar-refractivity contribution in [3.8, 4) is 23.1 Å². The van der Waals surface area contributed by atoms with Gasteiger partial charge in [-0.05, 0) is 84.5 Å². The summed E-state index contributed by atoms with van der Waals surface area (Å²) < 4.78 is 29.6. The Morgan fingerprint density at radius 2 is 1.80 bits per heavy atom. The number of nitrogens with zero attached hydrogens (tertiary/aromatic N) is 3. The van der Waals surface area contributed by atoms with Crippen LogP contribution in [0.15, 0.2) is 87.4 Å². The lowest BCUT2D eigenvalue weighted by atomic mass is 9.97. The maximum atomic E-state index is 14.3. The number of hydrogen-bond donors (Lipinski definition) is 2. The summed E-state index contributed by atoms with van der Waals surface area (Å²) in [6.45, 7) is 2.00. The average molecular weight is 637 g/mol. The van der Waals surface area contributed by atoms with E-state index in [0.717, 1.165) is 54.4 Å². The molecule has 0 bridgehead atoms. The molecule has 1 amide bonds. The van der Waals surface area contributed by atoms with Gasteiger partial charge in [-0.15, -0.1) is 0 Å². The molecule has 1 atom stereocenters. The van der Waals surface area contributed by atoms with Crippen molar-refractivity contribution in [3.63, 3.8) is 0 Å². The van der Waals surface area contributed by atoms with Crippen LogP contribution >= 0.6 is 0 Å². The third-order valence-corrected chi connectivity index (χ3v) is 10.4. The molecule has 2 aliphatic rings. The van der Waals surface area contributed by atoms with Gasteiger partial charge in [-0.25, -0.2) is 8.42 Å². The Hall–Kier alpha value is -4.75. The second-order valence-corrected chi connectivity index (χ2v) is 14.1. The minimum atomic E-state index is -4.49. The molecule has 1 aromatic heterocycles. The molecule has 2 fully saturated rings. The molecule has 1 heterocycles. The van der Waals surface area contributed by atoms with E-state index in [1.807, 2.05) is 37.3 Å². The van der Waals surface area contributed by atoms with Crippen LogP contribution in [0.1, 0.15) is 74.0 Å². The highest BCUT2D eigenvalue weighted by molar-refractivity contribution is 7.91. The lowest BCUT2D eigenvalue weighted by Crippen LogP contribution is -2.34. The zero-order chi connectivity index (χ0) is 32.4. The smallest absolute Gasteiger partial charge is 0.277 e. The van der Waals surface area contributed by atoms with Crippen LogP contribution in [0, 0.1) is 17.2 Å². The first kappa shape index (κ1) is 31.2. The Balaban J connectivity index is 1.40. The van der Waals surface area contributed by atoms with Crippen LogP contribution in [0.25, 0.3) is 11.1 Å². The number of aromatic hydroxyl groups is 1. The third kappa shape index (κ3) is 6.46. The second kappa shape index (κ2) is 12.9. The molecule has 46 heavy (non-hydrogen) atoms. The van der Waals surface area contributed by atoms with Gasteiger partial charge in [0.15, 0.2) is 4.90 Å². The molecule has 0 aliphatic heterocycles. The molecule has 2 aliphatic carbocycles. The summed E-state index contributed by atoms with van der Waals surface area (Å²) in [5.74, 6) is -0.483. The van der Waals surface area contributed by atoms with Crippen molar-refractivity contribution in [3.05, 3.63) is 106 Å². The van der Waals surface area contributed by atoms with Crippen LogP contribution in [-0.2, 0) is 27.5 Å². The molecule has 9 nitrogen and oxygen atoms in total. The summed E-state index contributed by atoms with van der Waals surface area (Å²) in [4.78, 5) is 30.2. The molecule has 2 saturated carbocycles. The summed E-state index contributed by atoms with van der Waals surface area (Å²) in [6.07, 6.45) is 5.77. The maximum Gasteiger partial charge on any atom is 0.277 e. The fourth-order valence-electron chi connectivity index (χ4n) is 5.99. The summed E-state index contributed by atoms with van der Waals surface area (Å²) >= 11 is 0. The van der Waals surface area contributed by atoms with E-state index >= 15 is 0 Å². The molecule has 0 saturated heterocycles. The fourth-order valence-corrected chi connectivity index (χ4v) is 7.33. The van der Waals surface area contributed by atoms with E-state index < -0.39 is 32.2 Å². The average Bonchev–Trinajstić information content (AvgIpc) is 3.99. The van der Waals surface area contributed by atoms with Gasteiger partial charge in [0.1, 0.15) is 5.82 Å². The molecule has 6 rings (SSSR count). The van der Waals surface area contributed by atoms with Gasteiger partial charge in [-0.3, -0.25) is 14.2 Å². The minimum absolute atomic E-state index is 0.0559. The number of benzene rings is 3. The number of rotatable bonds is 12. The number of aryl methyl sites for hydroxylation is 1. The maximum absolute atomic E-state index is 14.3. The number of carbonyl (C=O) groups excluding carboxylic acids is 1. The van der Waals surface area contributed by atoms with E-state index in [4.69, 9.17) is 0 Å². The number of aromatic nitrogens is 2. The van der Waals surface area contributed by atoms with E-state index in [2.05, 4.69) is 16.4 Å². The van der Waals surface area contributed by atoms with E-state index in [-0.39, 0.29) is 29.2 Å². The van der Waals surface area contributed by atoms with Crippen LogP contribution in [0.3, 0.4) is 0 Å². The molecule has 4 aromatic rings. The lowest BCUT2D eigenvalue weighted by Gasteiger charge is -2.24. The molecular weight excluding hydrogens is 600 g/mol. The van der Waals surface area contributed by atoms with Crippen molar-refractivity contribution >= 4 is 15.7 Å². The van der Waals surface area contributed by atoms with Crippen LogP contribution in [-0.4, -0.2) is 35.0 Å². The monoisotopic (exact) mass is 636 g/mol. The summed E-state index contributed by atoms with van der Waals surface area (Å²) in [6, 6.07) is 22.5. The molecule has 2 N–H and O–H groups in total. The zero-order valence-corrected chi connectivity index (χ0v) is 26.5. The number of unbranched alkanes of at least 4 members (excludes halogenated alkanes) is 1. The van der Waals surface area contributed by atoms with Crippen LogP contribution in [0.4, 0.5) is 0 Å². The normalized spacial score (nSPS) is 15.2. The van der Waals surface area contributed by atoms with Crippen molar-refractivity contribution in [2.45, 2.75) is 80.2 Å². The number of nitriles is 1. The quantitative estimate of drug-likeness (QED) is 0.210. The predicted molar refractivity (Wildman–Crippen MR) is 173 cm³/mol. The number of amides is 1. The summed E-state index contributed by atoms with van der Waals surface area (Å²) in [7, 11) is -4.49. The number of sulfone groups is 1. The van der Waals surface area contributed by atoms with Gasteiger partial charge in [-0.2, -0.15) is 10.2 Å². The number of nitrogens with one attached hydrogen (secondary N) is 1. The molecule has 0 spiro atoms. The second-order valence-electron chi connectivity index (χ2n) is 12.2. The molecule has 0 unspecified atom stereocenters. The van der Waals surface area contributed by atoms with Crippen molar-refractivity contribution in [2.75, 3.05) is 0 Å². The van der Waals surface area contributed by atoms with Gasteiger partial charge in [0.2, 0.25) is 21.6 Å². The fraction of sp³-hybridized carbons (Fsp3) is 0.333. The van der Waals surface area contributed by atoms with Crippen LogP contribution in [0.5, 0.6) is 5.88 Å². The van der Waals surface area contributed by atoms with Crippen molar-refractivity contribution < 1.29 is 18.3 Å². The topological polar surface area (TPSA) is 142 Å². The summed E-state index contributed by atoms with van der Waals surface area (Å²) in [5.41, 5.74) is 2.68. The van der Waals surface area contributed by atoms with E-state index in [1.165, 1.54) is 16.7 Å². The molecular formula is C36H36N4O5S. The lowest BCUT2D eigenvalue weighted by molar-refractivity contribution is -0.120. The summed E-state index contributed by atoms with van der Waals surface area (Å²) in [5, 5.41) is 23.5. The Kier molecular flexibility index (Phi) is 8.78. The number of hydrogen-bond acceptors (Lipinski definition) is 7. The highest BCUT2D eigenvalue weighted by atomic mass is 32.2. The van der Waals surface area contributed by atoms with Crippen molar-refractivity contribution in [1.82, 2.24) is 14.9 Å². The standard InChI is InChI=1S/C36H36N4O5S/c1-2-3-11-31-39-35(42)34(36(43)40(31)33(25-12-13-25)27-9-6-7-23(20-27)22-37)46(44,45)29-18-14-24(15-19-29)30-10-5-4-8-26(30)21-32(41)38-28-16-17-28/h4-10,14-15,18-20,25,28,33,42H,2-3,11-13,16-17,21H2,1H3,(H,38,41)/t33-/m0/s1. The Morgan fingerprint density at radius 1 is 1.07 bits per heavy atom. The third-order valence-electron chi connectivity index (χ3n) is 8.64. The van der Waals surface area contributed by atoms with Gasteiger partial charge >= 0.3 is 0 Å². The highest BCUT2D eigenvalue weighted by Crippen LogP contribution is 2.44. The van der Waals surface area contributed by atoms with Gasteiger partial charge in [0.05, 0.1) is 29.0 Å². The highest BCUT2D eigenvalue weighted by Gasteiger charge is 2.38. The minimum Gasteiger partial charge on any atom is -0.492 e. The molecule has 236 valence electrons.